The molecule has 0 aliphatic carbocycles. The minimum absolute atomic E-state index is 0.0920. The highest BCUT2D eigenvalue weighted by Crippen LogP contribution is 2.33. The van der Waals surface area contributed by atoms with E-state index in [2.05, 4.69) is 4.74 Å². The van der Waals surface area contributed by atoms with Gasteiger partial charge in [-0.1, -0.05) is 12.1 Å². The number of benzene rings is 2. The van der Waals surface area contributed by atoms with Gasteiger partial charge in [0.15, 0.2) is 0 Å². The molecule has 2 rings (SSSR count). The summed E-state index contributed by atoms with van der Waals surface area (Å²) in [7, 11) is 1.56. The van der Waals surface area contributed by atoms with Gasteiger partial charge in [-0.15, -0.1) is 0 Å². The van der Waals surface area contributed by atoms with Crippen LogP contribution in [0.5, 0.6) is 11.5 Å². The lowest BCUT2D eigenvalue weighted by Gasteiger charge is -2.12. The fourth-order valence-corrected chi connectivity index (χ4v) is 1.74. The first kappa shape index (κ1) is 13.1. The minimum Gasteiger partial charge on any atom is -0.497 e. The molecular formula is C14H13F2NO2. The van der Waals surface area contributed by atoms with Gasteiger partial charge in [0.2, 0.25) is 0 Å². The maximum atomic E-state index is 12.4. The third-order valence-corrected chi connectivity index (χ3v) is 2.62. The number of nitrogen functional groups attached to an aromatic ring is 1. The molecule has 0 aliphatic heterocycles. The minimum atomic E-state index is -2.87. The average molecular weight is 265 g/mol. The Kier molecular flexibility index (Phi) is 3.85. The molecule has 0 amide bonds. The molecule has 19 heavy (non-hydrogen) atoms. The Morgan fingerprint density at radius 2 is 1.74 bits per heavy atom. The first-order valence-corrected chi connectivity index (χ1v) is 5.59. The number of anilines is 1. The van der Waals surface area contributed by atoms with Crippen molar-refractivity contribution in [3.8, 4) is 22.6 Å². The molecule has 0 aromatic heterocycles. The van der Waals surface area contributed by atoms with Crippen LogP contribution < -0.4 is 15.2 Å². The number of alkyl halides is 2. The standard InChI is InChI=1S/C14H13F2NO2/c1-18-11-5-2-9(3-6-11)12-8-10(17)4-7-13(12)19-14(15)16/h2-8,14H,17H2,1H3. The van der Waals surface area contributed by atoms with E-state index >= 15 is 0 Å². The number of methoxy groups -OCH3 is 1. The smallest absolute Gasteiger partial charge is 0.387 e. The summed E-state index contributed by atoms with van der Waals surface area (Å²) in [5, 5.41) is 0. The van der Waals surface area contributed by atoms with Gasteiger partial charge in [0.05, 0.1) is 7.11 Å². The van der Waals surface area contributed by atoms with Gasteiger partial charge in [-0.05, 0) is 35.9 Å². The van der Waals surface area contributed by atoms with Crippen molar-refractivity contribution in [2.45, 2.75) is 6.61 Å². The molecule has 0 saturated carbocycles. The fraction of sp³-hybridized carbons (Fsp3) is 0.143. The number of rotatable bonds is 4. The number of nitrogens with two attached hydrogens (primary N) is 1. The van der Waals surface area contributed by atoms with E-state index in [9.17, 15) is 8.78 Å². The van der Waals surface area contributed by atoms with Gasteiger partial charge in [-0.3, -0.25) is 0 Å². The molecule has 2 N–H and O–H groups in total. The molecule has 2 aromatic rings. The SMILES string of the molecule is COc1ccc(-c2cc(N)ccc2OC(F)F)cc1. The van der Waals surface area contributed by atoms with Crippen LogP contribution >= 0.6 is 0 Å². The quantitative estimate of drug-likeness (QED) is 0.860. The molecule has 0 unspecified atom stereocenters. The van der Waals surface area contributed by atoms with Crippen molar-refractivity contribution in [2.24, 2.45) is 0 Å². The monoisotopic (exact) mass is 265 g/mol. The Balaban J connectivity index is 2.43. The molecule has 0 heterocycles. The van der Waals surface area contributed by atoms with Gasteiger partial charge in [-0.25, -0.2) is 0 Å². The van der Waals surface area contributed by atoms with Crippen LogP contribution in [-0.2, 0) is 0 Å². The van der Waals surface area contributed by atoms with Crippen molar-refractivity contribution in [1.29, 1.82) is 0 Å². The van der Waals surface area contributed by atoms with Crippen molar-refractivity contribution in [3.63, 3.8) is 0 Å². The molecule has 0 fully saturated rings. The maximum absolute atomic E-state index is 12.4. The summed E-state index contributed by atoms with van der Waals surface area (Å²) in [5.41, 5.74) is 7.41. The molecule has 3 nitrogen and oxygen atoms in total. The van der Waals surface area contributed by atoms with E-state index in [0.29, 0.717) is 17.0 Å². The number of halogens is 2. The Bertz CT molecular complexity index is 556. The molecule has 5 heteroatoms. The number of hydrogen-bond acceptors (Lipinski definition) is 3. The molecule has 0 bridgehead atoms. The number of hydrogen-bond donors (Lipinski definition) is 1. The van der Waals surface area contributed by atoms with E-state index in [0.717, 1.165) is 5.56 Å². The Hall–Kier alpha value is -2.30. The zero-order valence-corrected chi connectivity index (χ0v) is 10.3. The molecule has 2 aromatic carbocycles. The van der Waals surface area contributed by atoms with Crippen molar-refractivity contribution in [2.75, 3.05) is 12.8 Å². The molecule has 0 spiro atoms. The van der Waals surface area contributed by atoms with E-state index in [1.165, 1.54) is 12.1 Å². The number of ether oxygens (including phenoxy) is 2. The molecule has 100 valence electrons. The second kappa shape index (κ2) is 5.56. The maximum Gasteiger partial charge on any atom is 0.387 e. The summed E-state index contributed by atoms with van der Waals surface area (Å²) in [6.45, 7) is -2.87. The lowest BCUT2D eigenvalue weighted by molar-refractivity contribution is -0.0494. The molecule has 0 saturated heterocycles. The highest BCUT2D eigenvalue weighted by molar-refractivity contribution is 5.74. The third-order valence-electron chi connectivity index (χ3n) is 2.62. The summed E-state index contributed by atoms with van der Waals surface area (Å²) in [4.78, 5) is 0. The van der Waals surface area contributed by atoms with Crippen LogP contribution in [-0.4, -0.2) is 13.7 Å². The highest BCUT2D eigenvalue weighted by Gasteiger charge is 2.11. The van der Waals surface area contributed by atoms with Crippen molar-refractivity contribution in [3.05, 3.63) is 42.5 Å². The van der Waals surface area contributed by atoms with Crippen LogP contribution in [0.1, 0.15) is 0 Å². The molecular weight excluding hydrogens is 252 g/mol. The van der Waals surface area contributed by atoms with Crippen molar-refractivity contribution < 1.29 is 18.3 Å². The zero-order chi connectivity index (χ0) is 13.8. The van der Waals surface area contributed by atoms with Crippen molar-refractivity contribution >= 4 is 5.69 Å². The second-order valence-electron chi connectivity index (χ2n) is 3.86. The Morgan fingerprint density at radius 3 is 2.32 bits per heavy atom. The zero-order valence-electron chi connectivity index (χ0n) is 10.3. The first-order valence-electron chi connectivity index (χ1n) is 5.59. The summed E-state index contributed by atoms with van der Waals surface area (Å²) in [6.07, 6.45) is 0. The lowest BCUT2D eigenvalue weighted by Crippen LogP contribution is -2.03. The summed E-state index contributed by atoms with van der Waals surface area (Å²) >= 11 is 0. The van der Waals surface area contributed by atoms with Crippen molar-refractivity contribution in [1.82, 2.24) is 0 Å². The van der Waals surface area contributed by atoms with Crippen LogP contribution in [0.25, 0.3) is 11.1 Å². The molecule has 0 atom stereocenters. The van der Waals surface area contributed by atoms with Gasteiger partial charge in [-0.2, -0.15) is 8.78 Å². The van der Waals surface area contributed by atoms with Gasteiger partial charge in [0.25, 0.3) is 0 Å². The first-order chi connectivity index (χ1) is 9.10. The third kappa shape index (κ3) is 3.13. The second-order valence-corrected chi connectivity index (χ2v) is 3.86. The summed E-state index contributed by atoms with van der Waals surface area (Å²) < 4.78 is 34.3. The van der Waals surface area contributed by atoms with E-state index < -0.39 is 6.61 Å². The fourth-order valence-electron chi connectivity index (χ4n) is 1.74. The Labute approximate surface area is 109 Å². The average Bonchev–Trinajstić information content (AvgIpc) is 2.40. The van der Waals surface area contributed by atoms with Gasteiger partial charge >= 0.3 is 6.61 Å². The van der Waals surface area contributed by atoms with Crippen LogP contribution in [0.3, 0.4) is 0 Å². The van der Waals surface area contributed by atoms with E-state index in [1.807, 2.05) is 0 Å². The topological polar surface area (TPSA) is 44.5 Å². The lowest BCUT2D eigenvalue weighted by atomic mass is 10.0. The normalized spacial score (nSPS) is 10.5. The highest BCUT2D eigenvalue weighted by atomic mass is 19.3. The molecule has 0 aliphatic rings. The van der Waals surface area contributed by atoms with E-state index in [-0.39, 0.29) is 5.75 Å². The van der Waals surface area contributed by atoms with E-state index in [4.69, 9.17) is 10.5 Å². The summed E-state index contributed by atoms with van der Waals surface area (Å²) in [6, 6.07) is 11.5. The van der Waals surface area contributed by atoms with Crippen LogP contribution in [0, 0.1) is 0 Å². The van der Waals surface area contributed by atoms with Gasteiger partial charge in [0.1, 0.15) is 11.5 Å². The van der Waals surface area contributed by atoms with E-state index in [1.54, 1.807) is 37.4 Å². The Morgan fingerprint density at radius 1 is 1.05 bits per heavy atom. The van der Waals surface area contributed by atoms with Crippen LogP contribution in [0.2, 0.25) is 0 Å². The van der Waals surface area contributed by atoms with Gasteiger partial charge in [0, 0.05) is 11.3 Å². The predicted molar refractivity (Wildman–Crippen MR) is 69.5 cm³/mol. The largest absolute Gasteiger partial charge is 0.497 e. The summed E-state index contributed by atoms with van der Waals surface area (Å²) in [5.74, 6) is 0.776. The molecule has 0 radical (unpaired) electrons. The van der Waals surface area contributed by atoms with Crippen LogP contribution in [0.15, 0.2) is 42.5 Å². The van der Waals surface area contributed by atoms with Crippen LogP contribution in [0.4, 0.5) is 14.5 Å². The predicted octanol–water partition coefficient (Wildman–Crippen LogP) is 3.55. The van der Waals surface area contributed by atoms with Gasteiger partial charge < -0.3 is 15.2 Å².